The Bertz CT molecular complexity index is 1220. The molecule has 0 N–H and O–H groups in total. The van der Waals surface area contributed by atoms with E-state index >= 15 is 0 Å². The predicted octanol–water partition coefficient (Wildman–Crippen LogP) is 3.70. The van der Waals surface area contributed by atoms with Gasteiger partial charge in [0, 0.05) is 12.6 Å². The van der Waals surface area contributed by atoms with E-state index in [0.29, 0.717) is 11.4 Å². The maximum Gasteiger partial charge on any atom is 0.338 e. The normalized spacial score (nSPS) is 11.0. The molecular weight excluding hydrogens is 437 g/mol. The second kappa shape index (κ2) is 9.61. The standard InChI is InChI=1S/C23H20FNO6S/c1-25(19-10-12-20(30-2)13-11-19)32(28,29)21-5-3-4-17(14-21)23(27)31-15-22(26)16-6-8-18(24)9-7-16/h3-14H,15H2,1-2H3. The topological polar surface area (TPSA) is 90.0 Å². The molecule has 9 heteroatoms. The van der Waals surface area contributed by atoms with Crippen LogP contribution >= 0.6 is 0 Å². The summed E-state index contributed by atoms with van der Waals surface area (Å²) in [5.74, 6) is -1.28. The van der Waals surface area contributed by atoms with Crippen molar-refractivity contribution in [2.75, 3.05) is 25.1 Å². The highest BCUT2D eigenvalue weighted by Gasteiger charge is 2.23. The first-order valence-corrected chi connectivity index (χ1v) is 10.9. The number of esters is 1. The Balaban J connectivity index is 1.73. The maximum atomic E-state index is 13.0. The summed E-state index contributed by atoms with van der Waals surface area (Å²) in [5.41, 5.74) is 0.571. The summed E-state index contributed by atoms with van der Waals surface area (Å²) in [6.07, 6.45) is 0. The molecule has 0 fully saturated rings. The fourth-order valence-corrected chi connectivity index (χ4v) is 4.05. The number of ketones is 1. The van der Waals surface area contributed by atoms with Gasteiger partial charge in [0.2, 0.25) is 0 Å². The van der Waals surface area contributed by atoms with Crippen molar-refractivity contribution >= 4 is 27.5 Å². The van der Waals surface area contributed by atoms with Crippen molar-refractivity contribution in [1.82, 2.24) is 0 Å². The zero-order chi connectivity index (χ0) is 23.3. The van der Waals surface area contributed by atoms with Gasteiger partial charge in [-0.05, 0) is 66.7 Å². The Morgan fingerprint density at radius 2 is 1.59 bits per heavy atom. The molecule has 0 aliphatic rings. The predicted molar refractivity (Wildman–Crippen MR) is 116 cm³/mol. The van der Waals surface area contributed by atoms with Crippen molar-refractivity contribution in [3.63, 3.8) is 0 Å². The van der Waals surface area contributed by atoms with E-state index in [1.54, 1.807) is 24.3 Å². The molecule has 0 atom stereocenters. The molecule has 166 valence electrons. The molecule has 0 bridgehead atoms. The average Bonchev–Trinajstić information content (AvgIpc) is 2.82. The number of benzene rings is 3. The summed E-state index contributed by atoms with van der Waals surface area (Å²) in [6.45, 7) is -0.562. The summed E-state index contributed by atoms with van der Waals surface area (Å²) in [4.78, 5) is 24.4. The number of ether oxygens (including phenoxy) is 2. The molecule has 0 amide bonds. The van der Waals surface area contributed by atoms with Crippen LogP contribution in [0, 0.1) is 5.82 Å². The molecule has 0 aromatic heterocycles. The zero-order valence-corrected chi connectivity index (χ0v) is 18.1. The Hall–Kier alpha value is -3.72. The van der Waals surface area contributed by atoms with E-state index in [4.69, 9.17) is 9.47 Å². The highest BCUT2D eigenvalue weighted by atomic mass is 32.2. The number of rotatable bonds is 8. The zero-order valence-electron chi connectivity index (χ0n) is 17.3. The van der Waals surface area contributed by atoms with Crippen LogP contribution in [0.3, 0.4) is 0 Å². The van der Waals surface area contributed by atoms with Gasteiger partial charge in [-0.15, -0.1) is 0 Å². The number of carbonyl (C=O) groups excluding carboxylic acids is 2. The third-order valence-electron chi connectivity index (χ3n) is 4.66. The highest BCUT2D eigenvalue weighted by molar-refractivity contribution is 7.92. The van der Waals surface area contributed by atoms with Crippen LogP contribution in [0.15, 0.2) is 77.7 Å². The summed E-state index contributed by atoms with van der Waals surface area (Å²) >= 11 is 0. The first-order chi connectivity index (χ1) is 15.2. The minimum Gasteiger partial charge on any atom is -0.497 e. The lowest BCUT2D eigenvalue weighted by molar-refractivity contribution is 0.0474. The van der Waals surface area contributed by atoms with Crippen LogP contribution in [-0.4, -0.2) is 40.9 Å². The fraction of sp³-hybridized carbons (Fsp3) is 0.130. The van der Waals surface area contributed by atoms with Gasteiger partial charge in [-0.3, -0.25) is 9.10 Å². The van der Waals surface area contributed by atoms with Crippen LogP contribution in [-0.2, 0) is 14.8 Å². The molecule has 0 aliphatic carbocycles. The van der Waals surface area contributed by atoms with Gasteiger partial charge >= 0.3 is 5.97 Å². The maximum absolute atomic E-state index is 13.0. The molecule has 0 heterocycles. The molecule has 0 saturated heterocycles. The van der Waals surface area contributed by atoms with Gasteiger partial charge in [0.05, 0.1) is 23.3 Å². The van der Waals surface area contributed by atoms with Crippen LogP contribution in [0.4, 0.5) is 10.1 Å². The number of hydrogen-bond acceptors (Lipinski definition) is 6. The first kappa shape index (κ1) is 23.0. The number of nitrogens with zero attached hydrogens (tertiary/aromatic N) is 1. The number of methoxy groups -OCH3 is 1. The van der Waals surface area contributed by atoms with E-state index in [2.05, 4.69) is 0 Å². The Morgan fingerprint density at radius 3 is 2.22 bits per heavy atom. The van der Waals surface area contributed by atoms with Gasteiger partial charge in [0.15, 0.2) is 12.4 Å². The number of anilines is 1. The van der Waals surface area contributed by atoms with Crippen molar-refractivity contribution in [3.8, 4) is 5.75 Å². The van der Waals surface area contributed by atoms with E-state index in [9.17, 15) is 22.4 Å². The molecule has 32 heavy (non-hydrogen) atoms. The molecule has 0 aliphatic heterocycles. The smallest absolute Gasteiger partial charge is 0.338 e. The Kier molecular flexibility index (Phi) is 6.89. The van der Waals surface area contributed by atoms with Gasteiger partial charge in [0.25, 0.3) is 10.0 Å². The highest BCUT2D eigenvalue weighted by Crippen LogP contribution is 2.25. The second-order valence-electron chi connectivity index (χ2n) is 6.70. The number of halogens is 1. The third-order valence-corrected chi connectivity index (χ3v) is 6.45. The molecule has 3 aromatic carbocycles. The third kappa shape index (κ3) is 5.12. The molecule has 0 radical (unpaired) electrons. The van der Waals surface area contributed by atoms with Crippen molar-refractivity contribution in [2.45, 2.75) is 4.90 Å². The van der Waals surface area contributed by atoms with E-state index in [0.717, 1.165) is 16.4 Å². The monoisotopic (exact) mass is 457 g/mol. The minimum atomic E-state index is -3.96. The summed E-state index contributed by atoms with van der Waals surface area (Å²) in [7, 11) is -1.06. The number of carbonyl (C=O) groups is 2. The van der Waals surface area contributed by atoms with Crippen LogP contribution in [0.2, 0.25) is 0 Å². The van der Waals surface area contributed by atoms with Crippen LogP contribution < -0.4 is 9.04 Å². The summed E-state index contributed by atoms with van der Waals surface area (Å²) in [5, 5.41) is 0. The van der Waals surface area contributed by atoms with Gasteiger partial charge in [-0.2, -0.15) is 0 Å². The van der Waals surface area contributed by atoms with Crippen molar-refractivity contribution in [3.05, 3.63) is 89.7 Å². The molecule has 3 aromatic rings. The molecule has 7 nitrogen and oxygen atoms in total. The Morgan fingerprint density at radius 1 is 0.938 bits per heavy atom. The Labute approximate surface area is 185 Å². The van der Waals surface area contributed by atoms with Gasteiger partial charge in [-0.25, -0.2) is 17.6 Å². The lowest BCUT2D eigenvalue weighted by Crippen LogP contribution is -2.26. The fourth-order valence-electron chi connectivity index (χ4n) is 2.81. The molecule has 0 spiro atoms. The largest absolute Gasteiger partial charge is 0.497 e. The summed E-state index contributed by atoms with van der Waals surface area (Å²) in [6, 6.07) is 16.6. The SMILES string of the molecule is COc1ccc(N(C)S(=O)(=O)c2cccc(C(=O)OCC(=O)c3ccc(F)cc3)c2)cc1. The average molecular weight is 457 g/mol. The van der Waals surface area contributed by atoms with Crippen LogP contribution in [0.5, 0.6) is 5.75 Å². The quantitative estimate of drug-likeness (QED) is 0.379. The van der Waals surface area contributed by atoms with E-state index in [1.807, 2.05) is 0 Å². The van der Waals surface area contributed by atoms with Gasteiger partial charge in [-0.1, -0.05) is 6.07 Å². The van der Waals surface area contributed by atoms with E-state index < -0.39 is 34.2 Å². The second-order valence-corrected chi connectivity index (χ2v) is 8.67. The van der Waals surface area contributed by atoms with E-state index in [1.165, 1.54) is 50.6 Å². The lowest BCUT2D eigenvalue weighted by Gasteiger charge is -2.20. The van der Waals surface area contributed by atoms with Crippen molar-refractivity contribution in [2.24, 2.45) is 0 Å². The van der Waals surface area contributed by atoms with Gasteiger partial charge in [0.1, 0.15) is 11.6 Å². The minimum absolute atomic E-state index is 0.0267. The van der Waals surface area contributed by atoms with Crippen LogP contribution in [0.1, 0.15) is 20.7 Å². The van der Waals surface area contributed by atoms with Crippen molar-refractivity contribution in [1.29, 1.82) is 0 Å². The van der Waals surface area contributed by atoms with Crippen LogP contribution in [0.25, 0.3) is 0 Å². The van der Waals surface area contributed by atoms with Crippen molar-refractivity contribution < 1.29 is 31.9 Å². The first-order valence-electron chi connectivity index (χ1n) is 9.41. The number of Topliss-reactive ketones (excluding diaryl/α,β-unsaturated/α-hetero) is 1. The summed E-state index contributed by atoms with van der Waals surface area (Å²) < 4.78 is 50.1. The molecule has 0 saturated carbocycles. The number of sulfonamides is 1. The van der Waals surface area contributed by atoms with Gasteiger partial charge < -0.3 is 9.47 Å². The molecule has 3 rings (SSSR count). The number of hydrogen-bond donors (Lipinski definition) is 0. The lowest BCUT2D eigenvalue weighted by atomic mass is 10.1. The molecular formula is C23H20FNO6S. The van der Waals surface area contributed by atoms with E-state index in [-0.39, 0.29) is 16.0 Å². The molecule has 0 unspecified atom stereocenters.